The number of nitrogens with zero attached hydrogens (tertiary/aromatic N) is 5. The van der Waals surface area contributed by atoms with E-state index in [9.17, 15) is 0 Å². The van der Waals surface area contributed by atoms with Crippen LogP contribution in [-0.2, 0) is 0 Å². The number of hydrogen-bond acceptors (Lipinski definition) is 6. The number of anilines is 1. The number of rotatable bonds is 5. The smallest absolute Gasteiger partial charge is 0.323 e. The number of nitrogens with one attached hydrogen (secondary N) is 1. The lowest BCUT2D eigenvalue weighted by atomic mass is 10.4. The van der Waals surface area contributed by atoms with Crippen molar-refractivity contribution < 1.29 is 4.74 Å². The highest BCUT2D eigenvalue weighted by molar-refractivity contribution is 5.30. The van der Waals surface area contributed by atoms with E-state index in [1.807, 2.05) is 27.0 Å². The van der Waals surface area contributed by atoms with Crippen LogP contribution in [0.2, 0.25) is 0 Å². The number of aromatic nitrogens is 5. The summed E-state index contributed by atoms with van der Waals surface area (Å²) in [6, 6.07) is 0.298. The van der Waals surface area contributed by atoms with Crippen LogP contribution in [0, 0.1) is 6.92 Å². The summed E-state index contributed by atoms with van der Waals surface area (Å²) in [6.45, 7) is 7.05. The summed E-state index contributed by atoms with van der Waals surface area (Å²) in [5, 5.41) is 7.21. The van der Waals surface area contributed by atoms with Gasteiger partial charge in [-0.15, -0.1) is 0 Å². The molecule has 96 valence electrons. The topological polar surface area (TPSA) is 77.8 Å². The summed E-state index contributed by atoms with van der Waals surface area (Å²) in [7, 11) is 0. The van der Waals surface area contributed by atoms with Crippen molar-refractivity contribution >= 4 is 5.95 Å². The summed E-state index contributed by atoms with van der Waals surface area (Å²) in [6.07, 6.45) is 3.60. The molecule has 0 unspecified atom stereocenters. The zero-order chi connectivity index (χ0) is 13.0. The average molecular weight is 248 g/mol. The lowest BCUT2D eigenvalue weighted by molar-refractivity contribution is 0.311. The van der Waals surface area contributed by atoms with Gasteiger partial charge < -0.3 is 10.1 Å². The van der Waals surface area contributed by atoms with E-state index in [0.29, 0.717) is 24.5 Å². The van der Waals surface area contributed by atoms with Crippen LogP contribution in [0.4, 0.5) is 5.95 Å². The van der Waals surface area contributed by atoms with E-state index in [4.69, 9.17) is 4.74 Å². The maximum absolute atomic E-state index is 5.32. The predicted octanol–water partition coefficient (Wildman–Crippen LogP) is 1.20. The van der Waals surface area contributed by atoms with E-state index in [2.05, 4.69) is 25.4 Å². The van der Waals surface area contributed by atoms with Gasteiger partial charge in [-0.05, 0) is 26.3 Å². The van der Waals surface area contributed by atoms with E-state index in [-0.39, 0.29) is 0 Å². The molecule has 0 aromatic carbocycles. The second-order valence-corrected chi connectivity index (χ2v) is 3.67. The van der Waals surface area contributed by atoms with E-state index >= 15 is 0 Å². The summed E-state index contributed by atoms with van der Waals surface area (Å²) in [4.78, 5) is 12.6. The molecule has 2 aromatic heterocycles. The Kier molecular flexibility index (Phi) is 3.71. The average Bonchev–Trinajstić information content (AvgIpc) is 2.76. The summed E-state index contributed by atoms with van der Waals surface area (Å²) < 4.78 is 6.92. The third-order valence-corrected chi connectivity index (χ3v) is 2.13. The number of ether oxygens (including phenoxy) is 1. The number of hydrogen-bond donors (Lipinski definition) is 1. The fourth-order valence-corrected chi connectivity index (χ4v) is 1.40. The first-order valence-corrected chi connectivity index (χ1v) is 5.87. The van der Waals surface area contributed by atoms with E-state index in [1.54, 1.807) is 10.9 Å². The van der Waals surface area contributed by atoms with Crippen LogP contribution < -0.4 is 10.1 Å². The Labute approximate surface area is 105 Å². The molecule has 0 spiro atoms. The van der Waals surface area contributed by atoms with Crippen LogP contribution in [0.15, 0.2) is 12.4 Å². The van der Waals surface area contributed by atoms with Crippen molar-refractivity contribution in [3.8, 4) is 12.0 Å². The molecule has 2 heterocycles. The van der Waals surface area contributed by atoms with Gasteiger partial charge in [-0.2, -0.15) is 20.1 Å². The zero-order valence-corrected chi connectivity index (χ0v) is 10.7. The van der Waals surface area contributed by atoms with Gasteiger partial charge in [0.25, 0.3) is 5.95 Å². The molecule has 2 aromatic rings. The van der Waals surface area contributed by atoms with Crippen molar-refractivity contribution in [3.63, 3.8) is 0 Å². The van der Waals surface area contributed by atoms with Gasteiger partial charge in [-0.3, -0.25) is 0 Å². The fraction of sp³-hybridized carbons (Fsp3) is 0.455. The van der Waals surface area contributed by atoms with E-state index in [0.717, 1.165) is 12.1 Å². The van der Waals surface area contributed by atoms with Crippen LogP contribution in [-0.4, -0.2) is 37.9 Å². The largest absolute Gasteiger partial charge is 0.464 e. The first-order valence-electron chi connectivity index (χ1n) is 5.87. The maximum atomic E-state index is 5.32. The maximum Gasteiger partial charge on any atom is 0.323 e. The standard InChI is InChI=1S/C11H16N6O/c1-4-12-9-14-10(16-11(15-9)18-5-2)17-7-8(3)6-13-17/h6-7H,4-5H2,1-3H3,(H,12,14,15,16). The quantitative estimate of drug-likeness (QED) is 0.856. The Morgan fingerprint density at radius 3 is 2.72 bits per heavy atom. The third-order valence-electron chi connectivity index (χ3n) is 2.13. The van der Waals surface area contributed by atoms with Crippen molar-refractivity contribution in [2.45, 2.75) is 20.8 Å². The molecular weight excluding hydrogens is 232 g/mol. The Bertz CT molecular complexity index is 500. The minimum atomic E-state index is 0.298. The Hall–Kier alpha value is -2.18. The second-order valence-electron chi connectivity index (χ2n) is 3.67. The van der Waals surface area contributed by atoms with Gasteiger partial charge in [0.2, 0.25) is 5.95 Å². The third kappa shape index (κ3) is 2.73. The number of aryl methyl sites for hydroxylation is 1. The molecule has 1 N–H and O–H groups in total. The molecule has 0 fully saturated rings. The van der Waals surface area contributed by atoms with Crippen LogP contribution in [0.3, 0.4) is 0 Å². The predicted molar refractivity (Wildman–Crippen MR) is 67.0 cm³/mol. The van der Waals surface area contributed by atoms with Gasteiger partial charge in [0.15, 0.2) is 0 Å². The molecule has 0 atom stereocenters. The molecule has 7 heteroatoms. The first kappa shape index (κ1) is 12.3. The van der Waals surface area contributed by atoms with E-state index in [1.165, 1.54) is 0 Å². The van der Waals surface area contributed by atoms with Gasteiger partial charge in [0.1, 0.15) is 0 Å². The van der Waals surface area contributed by atoms with E-state index < -0.39 is 0 Å². The highest BCUT2D eigenvalue weighted by Gasteiger charge is 2.09. The molecule has 0 saturated carbocycles. The van der Waals surface area contributed by atoms with Crippen LogP contribution in [0.25, 0.3) is 5.95 Å². The van der Waals surface area contributed by atoms with Crippen molar-refractivity contribution in [1.82, 2.24) is 24.7 Å². The highest BCUT2D eigenvalue weighted by Crippen LogP contribution is 2.11. The highest BCUT2D eigenvalue weighted by atomic mass is 16.5. The Morgan fingerprint density at radius 2 is 2.11 bits per heavy atom. The van der Waals surface area contributed by atoms with Crippen molar-refractivity contribution in [1.29, 1.82) is 0 Å². The lowest BCUT2D eigenvalue weighted by Crippen LogP contribution is -2.11. The molecular formula is C11H16N6O. The zero-order valence-electron chi connectivity index (χ0n) is 10.7. The van der Waals surface area contributed by atoms with Crippen molar-refractivity contribution in [2.75, 3.05) is 18.5 Å². The van der Waals surface area contributed by atoms with Gasteiger partial charge in [0.05, 0.1) is 12.8 Å². The van der Waals surface area contributed by atoms with Crippen LogP contribution in [0.1, 0.15) is 19.4 Å². The molecule has 0 aliphatic heterocycles. The molecule has 18 heavy (non-hydrogen) atoms. The van der Waals surface area contributed by atoms with Gasteiger partial charge in [-0.25, -0.2) is 4.68 Å². The molecule has 0 bridgehead atoms. The van der Waals surface area contributed by atoms with Gasteiger partial charge >= 0.3 is 6.01 Å². The second kappa shape index (κ2) is 5.44. The summed E-state index contributed by atoms with van der Waals surface area (Å²) >= 11 is 0. The monoisotopic (exact) mass is 248 g/mol. The van der Waals surface area contributed by atoms with Crippen LogP contribution >= 0.6 is 0 Å². The molecule has 2 rings (SSSR count). The normalized spacial score (nSPS) is 10.4. The van der Waals surface area contributed by atoms with Crippen molar-refractivity contribution in [3.05, 3.63) is 18.0 Å². The SMILES string of the molecule is CCNc1nc(OCC)nc(-n2cc(C)cn2)n1. The fourth-order valence-electron chi connectivity index (χ4n) is 1.40. The Balaban J connectivity index is 2.39. The van der Waals surface area contributed by atoms with Crippen molar-refractivity contribution in [2.24, 2.45) is 0 Å². The molecule has 0 aliphatic carbocycles. The van der Waals surface area contributed by atoms with Gasteiger partial charge in [0, 0.05) is 12.7 Å². The molecule has 0 saturated heterocycles. The Morgan fingerprint density at radius 1 is 1.28 bits per heavy atom. The molecule has 7 nitrogen and oxygen atoms in total. The summed E-state index contributed by atoms with van der Waals surface area (Å²) in [5.74, 6) is 0.927. The molecule has 0 radical (unpaired) electrons. The van der Waals surface area contributed by atoms with Crippen LogP contribution in [0.5, 0.6) is 6.01 Å². The first-order chi connectivity index (χ1) is 8.72. The molecule has 0 amide bonds. The summed E-state index contributed by atoms with van der Waals surface area (Å²) in [5.41, 5.74) is 1.04. The molecule has 0 aliphatic rings. The minimum Gasteiger partial charge on any atom is -0.464 e. The van der Waals surface area contributed by atoms with Gasteiger partial charge in [-0.1, -0.05) is 0 Å². The minimum absolute atomic E-state index is 0.298. The lowest BCUT2D eigenvalue weighted by Gasteiger charge is -2.07.